The molecule has 3 rings (SSSR count). The number of hydrogen-bond donors (Lipinski definition) is 1. The zero-order valence-corrected chi connectivity index (χ0v) is 15.7. The molecule has 0 bridgehead atoms. The predicted molar refractivity (Wildman–Crippen MR) is 98.9 cm³/mol. The molecule has 1 amide bonds. The summed E-state index contributed by atoms with van der Waals surface area (Å²) in [6.07, 6.45) is 1.38. The standard InChI is InChI=1S/C18H21N7O2/c1-18(2,3)27-17(26)20-13-11-19-14(10-15-22-23-24-25(15)4)21-16(13)12-8-6-5-7-9-12/h5-9,11H,10H2,1-4H3,(H,20,26). The second-order valence-electron chi connectivity index (χ2n) is 6.94. The van der Waals surface area contributed by atoms with E-state index in [4.69, 9.17) is 4.74 Å². The van der Waals surface area contributed by atoms with Crippen LogP contribution in [-0.4, -0.2) is 41.9 Å². The Kier molecular flexibility index (Phi) is 5.11. The van der Waals surface area contributed by atoms with Crippen molar-refractivity contribution >= 4 is 11.8 Å². The van der Waals surface area contributed by atoms with E-state index in [1.807, 2.05) is 30.3 Å². The van der Waals surface area contributed by atoms with E-state index >= 15 is 0 Å². The van der Waals surface area contributed by atoms with Gasteiger partial charge in [0.05, 0.1) is 24.0 Å². The summed E-state index contributed by atoms with van der Waals surface area (Å²) in [6, 6.07) is 9.55. The maximum absolute atomic E-state index is 12.2. The number of nitrogens with one attached hydrogen (secondary N) is 1. The molecule has 0 atom stereocenters. The number of hydrogen-bond acceptors (Lipinski definition) is 7. The molecular weight excluding hydrogens is 346 g/mol. The molecule has 9 heteroatoms. The molecule has 0 radical (unpaired) electrons. The highest BCUT2D eigenvalue weighted by atomic mass is 16.6. The first-order chi connectivity index (χ1) is 12.8. The summed E-state index contributed by atoms with van der Waals surface area (Å²) in [7, 11) is 1.76. The molecule has 0 fully saturated rings. The van der Waals surface area contributed by atoms with E-state index in [1.165, 1.54) is 0 Å². The smallest absolute Gasteiger partial charge is 0.412 e. The number of aromatic nitrogens is 6. The molecule has 1 aromatic carbocycles. The Morgan fingerprint density at radius 2 is 1.96 bits per heavy atom. The molecule has 0 unspecified atom stereocenters. The van der Waals surface area contributed by atoms with Crippen molar-refractivity contribution in [3.05, 3.63) is 48.2 Å². The SMILES string of the molecule is Cn1nnnc1Cc1ncc(NC(=O)OC(C)(C)C)c(-c2ccccc2)n1. The highest BCUT2D eigenvalue weighted by Gasteiger charge is 2.19. The van der Waals surface area contributed by atoms with Gasteiger partial charge in [0, 0.05) is 12.6 Å². The van der Waals surface area contributed by atoms with Crippen LogP contribution in [0.25, 0.3) is 11.3 Å². The van der Waals surface area contributed by atoms with Crippen LogP contribution in [0.15, 0.2) is 36.5 Å². The first kappa shape index (κ1) is 18.4. The summed E-state index contributed by atoms with van der Waals surface area (Å²) < 4.78 is 6.90. The fraction of sp³-hybridized carbons (Fsp3) is 0.333. The summed E-state index contributed by atoms with van der Waals surface area (Å²) >= 11 is 0. The lowest BCUT2D eigenvalue weighted by atomic mass is 10.1. The minimum Gasteiger partial charge on any atom is -0.444 e. The van der Waals surface area contributed by atoms with Gasteiger partial charge in [-0.05, 0) is 31.2 Å². The number of aryl methyl sites for hydroxylation is 1. The number of ether oxygens (including phenoxy) is 1. The number of rotatable bonds is 4. The minimum absolute atomic E-state index is 0.371. The van der Waals surface area contributed by atoms with Gasteiger partial charge in [-0.3, -0.25) is 5.32 Å². The Balaban J connectivity index is 1.93. The van der Waals surface area contributed by atoms with E-state index in [0.29, 0.717) is 29.5 Å². The van der Waals surface area contributed by atoms with E-state index in [9.17, 15) is 4.79 Å². The zero-order valence-electron chi connectivity index (χ0n) is 15.7. The van der Waals surface area contributed by atoms with Crippen molar-refractivity contribution in [2.45, 2.75) is 32.8 Å². The summed E-state index contributed by atoms with van der Waals surface area (Å²) in [6.45, 7) is 5.41. The van der Waals surface area contributed by atoms with Crippen molar-refractivity contribution in [3.63, 3.8) is 0 Å². The number of anilines is 1. The van der Waals surface area contributed by atoms with Gasteiger partial charge in [-0.15, -0.1) is 5.10 Å². The first-order valence-electron chi connectivity index (χ1n) is 8.44. The Morgan fingerprint density at radius 3 is 2.59 bits per heavy atom. The van der Waals surface area contributed by atoms with Crippen LogP contribution in [0.2, 0.25) is 0 Å². The summed E-state index contributed by atoms with van der Waals surface area (Å²) in [5.41, 5.74) is 1.32. The van der Waals surface area contributed by atoms with Gasteiger partial charge in [0.2, 0.25) is 0 Å². The van der Waals surface area contributed by atoms with E-state index < -0.39 is 11.7 Å². The van der Waals surface area contributed by atoms with Crippen molar-refractivity contribution in [2.75, 3.05) is 5.32 Å². The Bertz CT molecular complexity index is 932. The van der Waals surface area contributed by atoms with Crippen LogP contribution >= 0.6 is 0 Å². The molecule has 140 valence electrons. The van der Waals surface area contributed by atoms with Crippen molar-refractivity contribution in [2.24, 2.45) is 7.05 Å². The maximum Gasteiger partial charge on any atom is 0.412 e. The normalized spacial score (nSPS) is 11.3. The molecule has 0 aliphatic rings. The monoisotopic (exact) mass is 367 g/mol. The third-order valence-corrected chi connectivity index (χ3v) is 3.55. The average Bonchev–Trinajstić information content (AvgIpc) is 3.00. The van der Waals surface area contributed by atoms with Gasteiger partial charge in [-0.25, -0.2) is 19.4 Å². The number of carbonyl (C=O) groups is 1. The number of carbonyl (C=O) groups excluding carboxylic acids is 1. The number of nitrogens with zero attached hydrogens (tertiary/aromatic N) is 6. The fourth-order valence-electron chi connectivity index (χ4n) is 2.36. The summed E-state index contributed by atoms with van der Waals surface area (Å²) in [4.78, 5) is 21.1. The molecule has 27 heavy (non-hydrogen) atoms. The van der Waals surface area contributed by atoms with Crippen LogP contribution in [0.3, 0.4) is 0 Å². The van der Waals surface area contributed by atoms with E-state index in [2.05, 4.69) is 30.8 Å². The second-order valence-corrected chi connectivity index (χ2v) is 6.94. The lowest BCUT2D eigenvalue weighted by Crippen LogP contribution is -2.27. The van der Waals surface area contributed by atoms with Crippen LogP contribution in [0, 0.1) is 0 Å². The van der Waals surface area contributed by atoms with Crippen LogP contribution in [0.4, 0.5) is 10.5 Å². The van der Waals surface area contributed by atoms with Gasteiger partial charge >= 0.3 is 6.09 Å². The lowest BCUT2D eigenvalue weighted by molar-refractivity contribution is 0.0636. The summed E-state index contributed by atoms with van der Waals surface area (Å²) in [5, 5.41) is 14.1. The molecular formula is C18H21N7O2. The maximum atomic E-state index is 12.2. The predicted octanol–water partition coefficient (Wildman–Crippen LogP) is 2.60. The molecule has 1 N–H and O–H groups in total. The van der Waals surface area contributed by atoms with E-state index in [0.717, 1.165) is 5.56 Å². The minimum atomic E-state index is -0.601. The molecule has 3 aromatic rings. The average molecular weight is 367 g/mol. The molecule has 9 nitrogen and oxygen atoms in total. The highest BCUT2D eigenvalue weighted by molar-refractivity contribution is 5.90. The molecule has 2 heterocycles. The largest absolute Gasteiger partial charge is 0.444 e. The van der Waals surface area contributed by atoms with Crippen LogP contribution < -0.4 is 5.32 Å². The molecule has 0 aliphatic heterocycles. The van der Waals surface area contributed by atoms with Crippen LogP contribution in [0.1, 0.15) is 32.4 Å². The Hall–Kier alpha value is -3.36. The van der Waals surface area contributed by atoms with Crippen molar-refractivity contribution in [1.82, 2.24) is 30.2 Å². The second kappa shape index (κ2) is 7.48. The summed E-state index contributed by atoms with van der Waals surface area (Å²) in [5.74, 6) is 1.18. The molecule has 0 aliphatic carbocycles. The number of benzene rings is 1. The fourth-order valence-corrected chi connectivity index (χ4v) is 2.36. The lowest BCUT2D eigenvalue weighted by Gasteiger charge is -2.20. The quantitative estimate of drug-likeness (QED) is 0.755. The molecule has 0 spiro atoms. The zero-order chi connectivity index (χ0) is 19.4. The van der Waals surface area contributed by atoms with Gasteiger partial charge in [0.1, 0.15) is 11.4 Å². The van der Waals surface area contributed by atoms with Gasteiger partial charge in [0.15, 0.2) is 5.82 Å². The van der Waals surface area contributed by atoms with Gasteiger partial charge < -0.3 is 4.74 Å². The van der Waals surface area contributed by atoms with Gasteiger partial charge in [-0.2, -0.15) is 0 Å². The molecule has 0 saturated carbocycles. The molecule has 0 saturated heterocycles. The third kappa shape index (κ3) is 4.84. The van der Waals surface area contributed by atoms with Crippen molar-refractivity contribution in [1.29, 1.82) is 0 Å². The van der Waals surface area contributed by atoms with E-state index in [-0.39, 0.29) is 0 Å². The van der Waals surface area contributed by atoms with Crippen LogP contribution in [0.5, 0.6) is 0 Å². The van der Waals surface area contributed by atoms with Crippen LogP contribution in [-0.2, 0) is 18.2 Å². The topological polar surface area (TPSA) is 108 Å². The number of tetrazole rings is 1. The highest BCUT2D eigenvalue weighted by Crippen LogP contribution is 2.26. The first-order valence-corrected chi connectivity index (χ1v) is 8.44. The Labute approximate surface area is 156 Å². The van der Waals surface area contributed by atoms with Gasteiger partial charge in [0.25, 0.3) is 0 Å². The molecule has 2 aromatic heterocycles. The van der Waals surface area contributed by atoms with Crippen molar-refractivity contribution in [3.8, 4) is 11.3 Å². The van der Waals surface area contributed by atoms with Crippen molar-refractivity contribution < 1.29 is 9.53 Å². The van der Waals surface area contributed by atoms with E-state index in [1.54, 1.807) is 38.7 Å². The third-order valence-electron chi connectivity index (χ3n) is 3.55. The Morgan fingerprint density at radius 1 is 1.22 bits per heavy atom. The van der Waals surface area contributed by atoms with Gasteiger partial charge in [-0.1, -0.05) is 30.3 Å². The number of amides is 1.